The monoisotopic (exact) mass is 406 g/mol. The number of nitrogens with zero attached hydrogens (tertiary/aromatic N) is 5. The summed E-state index contributed by atoms with van der Waals surface area (Å²) in [6.07, 6.45) is -4.52. The maximum absolute atomic E-state index is 12.8. The average molecular weight is 406 g/mol. The summed E-state index contributed by atoms with van der Waals surface area (Å²) in [5, 5.41) is 24.7. The maximum atomic E-state index is 12.8. The number of aromatic nitrogens is 4. The SMILES string of the molecule is Cc1ccc(NC(=O)Cn2nnc(-c3cccc(C(F)(F)F)c3)n2)c([N+](=O)[O-])c1. The fourth-order valence-corrected chi connectivity index (χ4v) is 2.48. The second-order valence-electron chi connectivity index (χ2n) is 6.05. The topological polar surface area (TPSA) is 116 Å². The Bertz CT molecular complexity index is 1080. The molecule has 0 spiro atoms. The maximum Gasteiger partial charge on any atom is 0.416 e. The van der Waals surface area contributed by atoms with Crippen LogP contribution in [0.1, 0.15) is 11.1 Å². The van der Waals surface area contributed by atoms with Gasteiger partial charge in [0.05, 0.1) is 10.5 Å². The van der Waals surface area contributed by atoms with Crippen LogP contribution in [0, 0.1) is 17.0 Å². The summed E-state index contributed by atoms with van der Waals surface area (Å²) >= 11 is 0. The molecule has 0 saturated carbocycles. The quantitative estimate of drug-likeness (QED) is 0.514. The molecule has 0 atom stereocenters. The molecule has 0 aliphatic carbocycles. The van der Waals surface area contributed by atoms with Gasteiger partial charge in [0.2, 0.25) is 11.7 Å². The van der Waals surface area contributed by atoms with Gasteiger partial charge in [-0.05, 0) is 35.9 Å². The summed E-state index contributed by atoms with van der Waals surface area (Å²) in [5.41, 5.74) is -0.395. The van der Waals surface area contributed by atoms with E-state index in [-0.39, 0.29) is 22.8 Å². The van der Waals surface area contributed by atoms with Crippen molar-refractivity contribution in [2.45, 2.75) is 19.6 Å². The molecule has 12 heteroatoms. The lowest BCUT2D eigenvalue weighted by atomic mass is 10.1. The highest BCUT2D eigenvalue weighted by Crippen LogP contribution is 2.31. The van der Waals surface area contributed by atoms with Crippen molar-refractivity contribution < 1.29 is 22.9 Å². The molecule has 0 radical (unpaired) electrons. The van der Waals surface area contributed by atoms with Crippen LogP contribution in [0.15, 0.2) is 42.5 Å². The van der Waals surface area contributed by atoms with Crippen LogP contribution in [0.25, 0.3) is 11.4 Å². The van der Waals surface area contributed by atoms with E-state index in [1.165, 1.54) is 24.3 Å². The van der Waals surface area contributed by atoms with Gasteiger partial charge in [-0.2, -0.15) is 18.0 Å². The number of tetrazole rings is 1. The Balaban J connectivity index is 1.74. The Morgan fingerprint density at radius 1 is 1.24 bits per heavy atom. The molecule has 0 fully saturated rings. The van der Waals surface area contributed by atoms with Gasteiger partial charge in [0.15, 0.2) is 0 Å². The molecule has 1 N–H and O–H groups in total. The van der Waals surface area contributed by atoms with Gasteiger partial charge in [-0.25, -0.2) is 0 Å². The van der Waals surface area contributed by atoms with Crippen molar-refractivity contribution in [3.63, 3.8) is 0 Å². The molecule has 29 heavy (non-hydrogen) atoms. The summed E-state index contributed by atoms with van der Waals surface area (Å²) < 4.78 is 38.5. The normalized spacial score (nSPS) is 11.3. The van der Waals surface area contributed by atoms with E-state index in [2.05, 4.69) is 20.7 Å². The molecule has 0 unspecified atom stereocenters. The number of nitrogens with one attached hydrogen (secondary N) is 1. The fraction of sp³-hybridized carbons (Fsp3) is 0.176. The van der Waals surface area contributed by atoms with Crippen molar-refractivity contribution in [2.75, 3.05) is 5.32 Å². The molecule has 9 nitrogen and oxygen atoms in total. The molecule has 1 amide bonds. The minimum Gasteiger partial charge on any atom is -0.319 e. The molecule has 3 aromatic rings. The molecule has 0 aliphatic heterocycles. The minimum absolute atomic E-state index is 0.00353. The average Bonchev–Trinajstić information content (AvgIpc) is 3.11. The van der Waals surface area contributed by atoms with Gasteiger partial charge < -0.3 is 5.32 Å². The highest BCUT2D eigenvalue weighted by atomic mass is 19.4. The fourth-order valence-electron chi connectivity index (χ4n) is 2.48. The summed E-state index contributed by atoms with van der Waals surface area (Å²) in [5.74, 6) is -0.754. The van der Waals surface area contributed by atoms with Gasteiger partial charge in [0, 0.05) is 11.6 Å². The Morgan fingerprint density at radius 2 is 2.00 bits per heavy atom. The van der Waals surface area contributed by atoms with E-state index < -0.39 is 29.1 Å². The zero-order valence-electron chi connectivity index (χ0n) is 14.8. The lowest BCUT2D eigenvalue weighted by Gasteiger charge is -2.07. The number of benzene rings is 2. The minimum atomic E-state index is -4.52. The lowest BCUT2D eigenvalue weighted by Crippen LogP contribution is -2.21. The second kappa shape index (κ2) is 7.66. The van der Waals surface area contributed by atoms with E-state index in [9.17, 15) is 28.1 Å². The van der Waals surface area contributed by atoms with Crippen molar-refractivity contribution >= 4 is 17.3 Å². The molecule has 0 aliphatic rings. The molecular formula is C17H13F3N6O3. The first-order valence-corrected chi connectivity index (χ1v) is 8.14. The summed E-state index contributed by atoms with van der Waals surface area (Å²) in [6.45, 7) is 1.24. The van der Waals surface area contributed by atoms with Crippen LogP contribution in [0.3, 0.4) is 0 Å². The number of halogens is 3. The molecule has 1 heterocycles. The van der Waals surface area contributed by atoms with E-state index in [4.69, 9.17) is 0 Å². The number of alkyl halides is 3. The van der Waals surface area contributed by atoms with Crippen molar-refractivity contribution in [3.8, 4) is 11.4 Å². The molecule has 2 aromatic carbocycles. The lowest BCUT2D eigenvalue weighted by molar-refractivity contribution is -0.384. The Kier molecular flexibility index (Phi) is 5.26. The van der Waals surface area contributed by atoms with Crippen molar-refractivity contribution in [1.29, 1.82) is 0 Å². The van der Waals surface area contributed by atoms with Crippen LogP contribution in [0.2, 0.25) is 0 Å². The molecule has 0 bridgehead atoms. The van der Waals surface area contributed by atoms with E-state index in [1.807, 2.05) is 0 Å². The van der Waals surface area contributed by atoms with Crippen LogP contribution >= 0.6 is 0 Å². The van der Waals surface area contributed by atoms with Gasteiger partial charge in [-0.3, -0.25) is 14.9 Å². The van der Waals surface area contributed by atoms with Crippen molar-refractivity contribution in [3.05, 3.63) is 63.7 Å². The smallest absolute Gasteiger partial charge is 0.319 e. The summed E-state index contributed by atoms with van der Waals surface area (Å²) in [6, 6.07) is 8.69. The third-order valence-corrected chi connectivity index (χ3v) is 3.81. The van der Waals surface area contributed by atoms with Crippen molar-refractivity contribution in [1.82, 2.24) is 20.2 Å². The number of anilines is 1. The van der Waals surface area contributed by atoms with E-state index >= 15 is 0 Å². The summed E-state index contributed by atoms with van der Waals surface area (Å²) in [4.78, 5) is 23.5. The number of hydrogen-bond donors (Lipinski definition) is 1. The third kappa shape index (κ3) is 4.72. The zero-order chi connectivity index (χ0) is 21.2. The first kappa shape index (κ1) is 19.9. The number of nitro benzene ring substituents is 1. The molecule has 150 valence electrons. The largest absolute Gasteiger partial charge is 0.416 e. The number of aryl methyl sites for hydroxylation is 1. The predicted octanol–water partition coefficient (Wildman–Crippen LogP) is 3.21. The van der Waals surface area contributed by atoms with Crippen LogP contribution in [0.4, 0.5) is 24.5 Å². The Labute approximate surface area is 161 Å². The first-order chi connectivity index (χ1) is 13.6. The molecule has 3 rings (SSSR count). The van der Waals surface area contributed by atoms with Crippen LogP contribution in [-0.2, 0) is 17.5 Å². The van der Waals surface area contributed by atoms with Crippen LogP contribution in [0.5, 0.6) is 0 Å². The molecular weight excluding hydrogens is 393 g/mol. The highest BCUT2D eigenvalue weighted by Gasteiger charge is 2.30. The van der Waals surface area contributed by atoms with E-state index in [1.54, 1.807) is 13.0 Å². The third-order valence-electron chi connectivity index (χ3n) is 3.81. The van der Waals surface area contributed by atoms with Gasteiger partial charge in [0.25, 0.3) is 5.69 Å². The Morgan fingerprint density at radius 3 is 2.69 bits per heavy atom. The Hall–Kier alpha value is -3.83. The molecule has 0 saturated heterocycles. The molecule has 1 aromatic heterocycles. The van der Waals surface area contributed by atoms with E-state index in [0.29, 0.717) is 5.56 Å². The zero-order valence-corrected chi connectivity index (χ0v) is 14.8. The number of rotatable bonds is 5. The van der Waals surface area contributed by atoms with Crippen LogP contribution in [-0.4, -0.2) is 31.0 Å². The van der Waals surface area contributed by atoms with Gasteiger partial charge in [-0.1, -0.05) is 18.2 Å². The number of carbonyl (C=O) groups is 1. The highest BCUT2D eigenvalue weighted by molar-refractivity contribution is 5.92. The number of carbonyl (C=O) groups excluding carboxylic acids is 1. The van der Waals surface area contributed by atoms with E-state index in [0.717, 1.165) is 16.9 Å². The second-order valence-corrected chi connectivity index (χ2v) is 6.05. The number of hydrogen-bond acceptors (Lipinski definition) is 6. The number of nitro groups is 1. The van der Waals surface area contributed by atoms with Gasteiger partial charge in [0.1, 0.15) is 12.2 Å². The van der Waals surface area contributed by atoms with Gasteiger partial charge in [-0.15, -0.1) is 10.2 Å². The first-order valence-electron chi connectivity index (χ1n) is 8.14. The van der Waals surface area contributed by atoms with Crippen LogP contribution < -0.4 is 5.32 Å². The summed E-state index contributed by atoms with van der Waals surface area (Å²) in [7, 11) is 0. The van der Waals surface area contributed by atoms with Crippen molar-refractivity contribution in [2.24, 2.45) is 0 Å². The number of amides is 1. The predicted molar refractivity (Wildman–Crippen MR) is 94.7 cm³/mol. The van der Waals surface area contributed by atoms with Gasteiger partial charge >= 0.3 is 6.18 Å². The standard InChI is InChI=1S/C17H13F3N6O3/c1-10-5-6-13(14(7-10)26(28)29)21-15(27)9-25-23-16(22-24-25)11-3-2-4-12(8-11)17(18,19)20/h2-8H,9H2,1H3,(H,21,27).